The summed E-state index contributed by atoms with van der Waals surface area (Å²) < 4.78 is 7.15. The summed E-state index contributed by atoms with van der Waals surface area (Å²) in [7, 11) is 1.65. The standard InChI is InChI=1S/C14H19N3O2/c1-19-14-8-4-3-7-12(14)13-11-17(16-15-13)9-5-2-6-10-18/h3-4,7-8,11,18H,2,5-6,9-10H2,1H3. The lowest BCUT2D eigenvalue weighted by Gasteiger charge is -2.04. The summed E-state index contributed by atoms with van der Waals surface area (Å²) in [5, 5.41) is 17.0. The van der Waals surface area contributed by atoms with Gasteiger partial charge in [0.1, 0.15) is 11.4 Å². The first-order valence-electron chi connectivity index (χ1n) is 6.49. The maximum absolute atomic E-state index is 8.73. The molecule has 1 heterocycles. The van der Waals surface area contributed by atoms with Crippen molar-refractivity contribution in [3.8, 4) is 17.0 Å². The van der Waals surface area contributed by atoms with Crippen molar-refractivity contribution in [1.29, 1.82) is 0 Å². The van der Waals surface area contributed by atoms with E-state index in [4.69, 9.17) is 9.84 Å². The number of methoxy groups -OCH3 is 1. The first-order chi connectivity index (χ1) is 9.35. The van der Waals surface area contributed by atoms with Gasteiger partial charge in [0.25, 0.3) is 0 Å². The number of aryl methyl sites for hydroxylation is 1. The molecule has 0 saturated carbocycles. The molecule has 0 aliphatic carbocycles. The van der Waals surface area contributed by atoms with E-state index >= 15 is 0 Å². The monoisotopic (exact) mass is 261 g/mol. The predicted octanol–water partition coefficient (Wildman–Crippen LogP) is 2.12. The molecule has 0 aliphatic heterocycles. The Bertz CT molecular complexity index is 511. The zero-order valence-corrected chi connectivity index (χ0v) is 11.1. The first-order valence-corrected chi connectivity index (χ1v) is 6.49. The second kappa shape index (κ2) is 6.89. The zero-order chi connectivity index (χ0) is 13.5. The van der Waals surface area contributed by atoms with E-state index < -0.39 is 0 Å². The molecule has 0 fully saturated rings. The fourth-order valence-corrected chi connectivity index (χ4v) is 1.95. The smallest absolute Gasteiger partial charge is 0.128 e. The van der Waals surface area contributed by atoms with Crippen LogP contribution < -0.4 is 4.74 Å². The van der Waals surface area contributed by atoms with Gasteiger partial charge >= 0.3 is 0 Å². The maximum Gasteiger partial charge on any atom is 0.128 e. The Labute approximate surface area is 112 Å². The lowest BCUT2D eigenvalue weighted by Crippen LogP contribution is -1.99. The number of aromatic nitrogens is 3. The van der Waals surface area contributed by atoms with Crippen molar-refractivity contribution in [3.05, 3.63) is 30.5 Å². The molecule has 0 unspecified atom stereocenters. The summed E-state index contributed by atoms with van der Waals surface area (Å²) in [5.41, 5.74) is 1.77. The molecular weight excluding hydrogens is 242 g/mol. The van der Waals surface area contributed by atoms with Gasteiger partial charge in [0.15, 0.2) is 0 Å². The summed E-state index contributed by atoms with van der Waals surface area (Å²) in [5.74, 6) is 0.801. The molecule has 102 valence electrons. The summed E-state index contributed by atoms with van der Waals surface area (Å²) in [4.78, 5) is 0. The van der Waals surface area contributed by atoms with Gasteiger partial charge in [-0.25, -0.2) is 0 Å². The van der Waals surface area contributed by atoms with E-state index in [1.165, 1.54) is 0 Å². The van der Waals surface area contributed by atoms with E-state index in [0.29, 0.717) is 0 Å². The minimum Gasteiger partial charge on any atom is -0.496 e. The minimum absolute atomic E-state index is 0.254. The second-order valence-electron chi connectivity index (χ2n) is 4.35. The van der Waals surface area contributed by atoms with Crippen molar-refractivity contribution in [3.63, 3.8) is 0 Å². The fraction of sp³-hybridized carbons (Fsp3) is 0.429. The SMILES string of the molecule is COc1ccccc1-c1cn(CCCCCO)nn1. The van der Waals surface area contributed by atoms with Crippen molar-refractivity contribution in [2.45, 2.75) is 25.8 Å². The topological polar surface area (TPSA) is 60.2 Å². The number of hydrogen-bond acceptors (Lipinski definition) is 4. The lowest BCUT2D eigenvalue weighted by atomic mass is 10.1. The number of aliphatic hydroxyl groups excluding tert-OH is 1. The number of benzene rings is 1. The summed E-state index contributed by atoms with van der Waals surface area (Å²) in [6.07, 6.45) is 4.76. The van der Waals surface area contributed by atoms with Gasteiger partial charge in [-0.05, 0) is 31.4 Å². The van der Waals surface area contributed by atoms with Gasteiger partial charge in [0.05, 0.1) is 13.3 Å². The molecule has 19 heavy (non-hydrogen) atoms. The molecule has 0 amide bonds. The van der Waals surface area contributed by atoms with Crippen LogP contribution in [-0.2, 0) is 6.54 Å². The molecule has 0 aliphatic rings. The van der Waals surface area contributed by atoms with Crippen LogP contribution >= 0.6 is 0 Å². The molecule has 0 radical (unpaired) electrons. The van der Waals surface area contributed by atoms with Crippen LogP contribution in [-0.4, -0.2) is 33.8 Å². The van der Waals surface area contributed by atoms with Crippen LogP contribution in [0.3, 0.4) is 0 Å². The second-order valence-corrected chi connectivity index (χ2v) is 4.35. The molecule has 1 aromatic heterocycles. The highest BCUT2D eigenvalue weighted by molar-refractivity contribution is 5.65. The number of nitrogens with zero attached hydrogens (tertiary/aromatic N) is 3. The number of rotatable bonds is 7. The molecule has 2 rings (SSSR count). The van der Waals surface area contributed by atoms with Crippen LogP contribution in [0.2, 0.25) is 0 Å². The van der Waals surface area contributed by atoms with E-state index in [9.17, 15) is 0 Å². The van der Waals surface area contributed by atoms with Crippen molar-refractivity contribution in [2.75, 3.05) is 13.7 Å². The Morgan fingerprint density at radius 3 is 2.84 bits per heavy atom. The average Bonchev–Trinajstić information content (AvgIpc) is 2.92. The van der Waals surface area contributed by atoms with Gasteiger partial charge in [-0.15, -0.1) is 5.10 Å². The summed E-state index contributed by atoms with van der Waals surface area (Å²) in [6, 6.07) is 7.77. The summed E-state index contributed by atoms with van der Waals surface area (Å²) in [6.45, 7) is 1.08. The molecule has 1 aromatic carbocycles. The summed E-state index contributed by atoms with van der Waals surface area (Å²) >= 11 is 0. The van der Waals surface area contributed by atoms with Crippen molar-refractivity contribution < 1.29 is 9.84 Å². The predicted molar refractivity (Wildman–Crippen MR) is 72.9 cm³/mol. The molecule has 0 spiro atoms. The van der Waals surface area contributed by atoms with Crippen molar-refractivity contribution in [2.24, 2.45) is 0 Å². The Morgan fingerprint density at radius 2 is 2.05 bits per heavy atom. The molecule has 2 aromatic rings. The number of unbranched alkanes of at least 4 members (excludes halogenated alkanes) is 2. The maximum atomic E-state index is 8.73. The van der Waals surface area contributed by atoms with Gasteiger partial charge in [0, 0.05) is 18.7 Å². The van der Waals surface area contributed by atoms with E-state index in [1.807, 2.05) is 35.1 Å². The van der Waals surface area contributed by atoms with Crippen LogP contribution in [0.1, 0.15) is 19.3 Å². The van der Waals surface area contributed by atoms with E-state index in [-0.39, 0.29) is 6.61 Å². The van der Waals surface area contributed by atoms with Crippen LogP contribution in [0.5, 0.6) is 5.75 Å². The minimum atomic E-state index is 0.254. The number of para-hydroxylation sites is 1. The van der Waals surface area contributed by atoms with Crippen molar-refractivity contribution >= 4 is 0 Å². The highest BCUT2D eigenvalue weighted by Crippen LogP contribution is 2.27. The number of aliphatic hydroxyl groups is 1. The van der Waals surface area contributed by atoms with Crippen LogP contribution in [0.4, 0.5) is 0 Å². The molecule has 1 N–H and O–H groups in total. The number of ether oxygens (including phenoxy) is 1. The molecule has 0 saturated heterocycles. The molecule has 0 atom stereocenters. The van der Waals surface area contributed by atoms with Gasteiger partial charge in [-0.1, -0.05) is 17.3 Å². The van der Waals surface area contributed by atoms with Crippen LogP contribution in [0.25, 0.3) is 11.3 Å². The normalized spacial score (nSPS) is 10.6. The highest BCUT2D eigenvalue weighted by atomic mass is 16.5. The van der Waals surface area contributed by atoms with Gasteiger partial charge in [0.2, 0.25) is 0 Å². The largest absolute Gasteiger partial charge is 0.496 e. The Morgan fingerprint density at radius 1 is 1.21 bits per heavy atom. The third-order valence-corrected chi connectivity index (χ3v) is 2.97. The third-order valence-electron chi connectivity index (χ3n) is 2.97. The van der Waals surface area contributed by atoms with E-state index in [0.717, 1.165) is 42.8 Å². The zero-order valence-electron chi connectivity index (χ0n) is 11.1. The van der Waals surface area contributed by atoms with Gasteiger partial charge < -0.3 is 9.84 Å². The molecular formula is C14H19N3O2. The molecule has 5 heteroatoms. The van der Waals surface area contributed by atoms with Crippen LogP contribution in [0, 0.1) is 0 Å². The van der Waals surface area contributed by atoms with Crippen molar-refractivity contribution in [1.82, 2.24) is 15.0 Å². The molecule has 0 bridgehead atoms. The Kier molecular flexibility index (Phi) is 4.92. The van der Waals surface area contributed by atoms with Gasteiger partial charge in [-0.3, -0.25) is 4.68 Å². The van der Waals surface area contributed by atoms with E-state index in [2.05, 4.69) is 10.3 Å². The fourth-order valence-electron chi connectivity index (χ4n) is 1.95. The van der Waals surface area contributed by atoms with Gasteiger partial charge in [-0.2, -0.15) is 0 Å². The first kappa shape index (κ1) is 13.5. The van der Waals surface area contributed by atoms with E-state index in [1.54, 1.807) is 7.11 Å². The molecule has 5 nitrogen and oxygen atoms in total. The third kappa shape index (κ3) is 3.54. The number of hydrogen-bond donors (Lipinski definition) is 1. The average molecular weight is 261 g/mol. The Balaban J connectivity index is 2.04. The lowest BCUT2D eigenvalue weighted by molar-refractivity contribution is 0.281. The Hall–Kier alpha value is -1.88. The van der Waals surface area contributed by atoms with Crippen LogP contribution in [0.15, 0.2) is 30.5 Å². The quantitative estimate of drug-likeness (QED) is 0.775. The highest BCUT2D eigenvalue weighted by Gasteiger charge is 2.08.